The van der Waals surface area contributed by atoms with Crippen molar-refractivity contribution in [3.8, 4) is 0 Å². The molecule has 17 nitrogen and oxygen atoms in total. The standard InChI is InChI=1S/C51H66N8O9/c1-51(2,3)57-50(67)47-36-18-11-9-16-34(36)25-28-58(47)32-41(68-46(64)20-8-5-13-27-53-43(61)26-29-59-44(62)23-24-45(59)63)39(30-33-14-6-4-7-15-33)55-49(66)40(31-42(52)60)56-48(65)38-22-21-35-17-10-12-19-37(35)54-38/h4,6-7,10,12,14-15,17,19,21-24,34,36,39-41,47H,5,8-9,11,13,16,18,20,25-32H2,1-3H3,(H2,52,60)(H,53,61)(H,55,66)(H,56,65)(H,57,67)/t34?,36?,39-,40+,41+,47-/m1/s1. The summed E-state index contributed by atoms with van der Waals surface area (Å²) in [5, 5.41) is 12.5. The molecule has 364 valence electrons. The molecule has 2 fully saturated rings. The topological polar surface area (TPSA) is 239 Å². The molecule has 3 aromatic rings. The van der Waals surface area contributed by atoms with Crippen LogP contribution in [0.2, 0.25) is 0 Å². The number of likely N-dealkylation sites (tertiary alicyclic amines) is 1. The van der Waals surface area contributed by atoms with Crippen molar-refractivity contribution in [2.24, 2.45) is 17.6 Å². The molecule has 1 aromatic heterocycles. The average Bonchev–Trinajstić information content (AvgIpc) is 3.63. The Morgan fingerprint density at radius 1 is 0.838 bits per heavy atom. The predicted molar refractivity (Wildman–Crippen MR) is 254 cm³/mol. The summed E-state index contributed by atoms with van der Waals surface area (Å²) in [5.41, 5.74) is 6.58. The molecule has 6 atom stereocenters. The number of nitrogens with two attached hydrogens (primary N) is 1. The summed E-state index contributed by atoms with van der Waals surface area (Å²) >= 11 is 0. The first kappa shape index (κ1) is 50.9. The molecule has 0 radical (unpaired) electrons. The van der Waals surface area contributed by atoms with E-state index in [9.17, 15) is 38.4 Å². The SMILES string of the molecule is CC(C)(C)NC(=O)[C@H]1C2CCCCC2CCN1C[C@H](OC(=O)CCCCCNC(=O)CCN1C(=O)C=CC1=O)[C@@H](Cc1ccccc1)NC(=O)[C@H](CC(N)=O)NC(=O)c1ccc2ccccc2n1. The number of amides is 7. The van der Waals surface area contributed by atoms with Crippen LogP contribution in [0.25, 0.3) is 10.9 Å². The van der Waals surface area contributed by atoms with Crippen LogP contribution in [0.15, 0.2) is 78.9 Å². The summed E-state index contributed by atoms with van der Waals surface area (Å²) in [7, 11) is 0. The number of ether oxygens (including phenoxy) is 1. The van der Waals surface area contributed by atoms with Crippen LogP contribution in [0.3, 0.4) is 0 Å². The number of imide groups is 1. The van der Waals surface area contributed by atoms with Crippen LogP contribution in [0.5, 0.6) is 0 Å². The molecule has 0 bridgehead atoms. The van der Waals surface area contributed by atoms with Crippen molar-refractivity contribution in [3.63, 3.8) is 0 Å². The van der Waals surface area contributed by atoms with Gasteiger partial charge in [-0.2, -0.15) is 0 Å². The molecule has 3 heterocycles. The lowest BCUT2D eigenvalue weighted by molar-refractivity contribution is -0.155. The third-order valence-corrected chi connectivity index (χ3v) is 12.8. The van der Waals surface area contributed by atoms with Crippen molar-refractivity contribution < 1.29 is 43.1 Å². The smallest absolute Gasteiger partial charge is 0.306 e. The van der Waals surface area contributed by atoms with Gasteiger partial charge < -0.3 is 31.7 Å². The van der Waals surface area contributed by atoms with E-state index in [0.717, 1.165) is 48.0 Å². The Labute approximate surface area is 397 Å². The fourth-order valence-corrected chi connectivity index (χ4v) is 9.48. The van der Waals surface area contributed by atoms with Crippen LogP contribution >= 0.6 is 0 Å². The van der Waals surface area contributed by atoms with E-state index in [-0.39, 0.29) is 55.8 Å². The highest BCUT2D eigenvalue weighted by Gasteiger charge is 2.45. The van der Waals surface area contributed by atoms with Crippen LogP contribution in [0, 0.1) is 11.8 Å². The summed E-state index contributed by atoms with van der Waals surface area (Å²) in [6.45, 7) is 6.82. The Morgan fingerprint density at radius 3 is 2.29 bits per heavy atom. The Kier molecular flexibility index (Phi) is 18.0. The minimum Gasteiger partial charge on any atom is -0.459 e. The minimum atomic E-state index is -1.41. The molecule has 1 saturated heterocycles. The lowest BCUT2D eigenvalue weighted by Gasteiger charge is -2.48. The number of para-hydroxylation sites is 1. The molecule has 0 spiro atoms. The number of nitrogens with zero attached hydrogens (tertiary/aromatic N) is 3. The average molecular weight is 935 g/mol. The number of benzene rings is 2. The zero-order valence-electron chi connectivity index (χ0n) is 39.4. The Hall–Kier alpha value is -6.49. The van der Waals surface area contributed by atoms with E-state index in [1.54, 1.807) is 18.2 Å². The van der Waals surface area contributed by atoms with Gasteiger partial charge in [0.1, 0.15) is 17.8 Å². The van der Waals surface area contributed by atoms with Gasteiger partial charge in [0.15, 0.2) is 0 Å². The third kappa shape index (κ3) is 14.8. The van der Waals surface area contributed by atoms with Crippen LogP contribution in [0.1, 0.15) is 107 Å². The lowest BCUT2D eigenvalue weighted by atomic mass is 9.70. The number of hydrogen-bond acceptors (Lipinski definition) is 11. The van der Waals surface area contributed by atoms with Gasteiger partial charge in [-0.3, -0.25) is 48.2 Å². The molecule has 1 aliphatic carbocycles. The number of carbonyl (C=O) groups is 8. The van der Waals surface area contributed by atoms with Gasteiger partial charge in [0, 0.05) is 55.6 Å². The third-order valence-electron chi connectivity index (χ3n) is 12.8. The van der Waals surface area contributed by atoms with E-state index < -0.39 is 71.7 Å². The number of carbonyl (C=O) groups excluding carboxylic acids is 8. The first-order valence-electron chi connectivity index (χ1n) is 23.9. The second-order valence-electron chi connectivity index (χ2n) is 19.2. The van der Waals surface area contributed by atoms with E-state index in [4.69, 9.17) is 10.5 Å². The van der Waals surface area contributed by atoms with Crippen LogP contribution in [0.4, 0.5) is 0 Å². The normalized spacial score (nSPS) is 19.6. The number of rotatable bonds is 22. The summed E-state index contributed by atoms with van der Waals surface area (Å²) in [6, 6.07) is 17.1. The first-order valence-corrected chi connectivity index (χ1v) is 23.9. The van der Waals surface area contributed by atoms with Gasteiger partial charge in [-0.25, -0.2) is 4.98 Å². The molecular weight excluding hydrogens is 869 g/mol. The molecule has 6 rings (SSSR count). The number of hydrogen-bond donors (Lipinski definition) is 5. The second kappa shape index (κ2) is 24.0. The van der Waals surface area contributed by atoms with E-state index in [1.807, 2.05) is 63.2 Å². The zero-order valence-corrected chi connectivity index (χ0v) is 39.4. The fraction of sp³-hybridized carbons (Fsp3) is 0.510. The monoisotopic (exact) mass is 934 g/mol. The highest BCUT2D eigenvalue weighted by Crippen LogP contribution is 2.40. The van der Waals surface area contributed by atoms with E-state index in [2.05, 4.69) is 31.2 Å². The van der Waals surface area contributed by atoms with Gasteiger partial charge in [-0.15, -0.1) is 0 Å². The van der Waals surface area contributed by atoms with Gasteiger partial charge in [0.25, 0.3) is 17.7 Å². The molecule has 7 amide bonds. The number of unbranched alkanes of at least 4 members (excludes halogenated alkanes) is 2. The number of aromatic nitrogens is 1. The Balaban J connectivity index is 1.20. The van der Waals surface area contributed by atoms with Crippen molar-refractivity contribution in [3.05, 3.63) is 90.1 Å². The minimum absolute atomic E-state index is 0.0147. The lowest BCUT2D eigenvalue weighted by Crippen LogP contribution is -2.63. The van der Waals surface area contributed by atoms with Gasteiger partial charge in [-0.1, -0.05) is 80.3 Å². The van der Waals surface area contributed by atoms with Gasteiger partial charge >= 0.3 is 5.97 Å². The fourth-order valence-electron chi connectivity index (χ4n) is 9.48. The van der Waals surface area contributed by atoms with E-state index >= 15 is 0 Å². The molecule has 6 N–H and O–H groups in total. The molecule has 2 aliphatic heterocycles. The van der Waals surface area contributed by atoms with Crippen molar-refractivity contribution in [1.82, 2.24) is 36.1 Å². The number of nitrogens with one attached hydrogen (secondary N) is 4. The van der Waals surface area contributed by atoms with Crippen molar-refractivity contribution in [2.45, 2.75) is 128 Å². The highest BCUT2D eigenvalue weighted by atomic mass is 16.5. The maximum absolute atomic E-state index is 14.5. The van der Waals surface area contributed by atoms with E-state index in [0.29, 0.717) is 43.8 Å². The van der Waals surface area contributed by atoms with Crippen molar-refractivity contribution in [1.29, 1.82) is 0 Å². The maximum Gasteiger partial charge on any atom is 0.306 e. The summed E-state index contributed by atoms with van der Waals surface area (Å²) < 4.78 is 6.40. The molecule has 1 saturated carbocycles. The van der Waals surface area contributed by atoms with Gasteiger partial charge in [0.2, 0.25) is 23.6 Å². The number of pyridine rings is 1. The summed E-state index contributed by atoms with van der Waals surface area (Å²) in [5.74, 6) is -3.60. The largest absolute Gasteiger partial charge is 0.459 e. The highest BCUT2D eigenvalue weighted by molar-refractivity contribution is 6.13. The van der Waals surface area contributed by atoms with Gasteiger partial charge in [-0.05, 0) is 89.0 Å². The first-order chi connectivity index (χ1) is 32.5. The second-order valence-corrected chi connectivity index (χ2v) is 19.2. The predicted octanol–water partition coefficient (Wildman–Crippen LogP) is 3.64. The number of fused-ring (bicyclic) bond motifs is 2. The maximum atomic E-state index is 14.5. The molecule has 68 heavy (non-hydrogen) atoms. The Morgan fingerprint density at radius 2 is 1.56 bits per heavy atom. The molecule has 17 heteroatoms. The number of esters is 1. The molecule has 2 aromatic carbocycles. The van der Waals surface area contributed by atoms with Gasteiger partial charge in [0.05, 0.1) is 24.0 Å². The molecule has 2 unspecified atom stereocenters. The number of piperidine rings is 1. The quantitative estimate of drug-likeness (QED) is 0.0554. The Bertz CT molecular complexity index is 2310. The van der Waals surface area contributed by atoms with Crippen molar-refractivity contribution in [2.75, 3.05) is 26.2 Å². The van der Waals surface area contributed by atoms with E-state index in [1.165, 1.54) is 18.2 Å². The molecule has 3 aliphatic rings. The van der Waals surface area contributed by atoms with Crippen molar-refractivity contribution >= 4 is 58.2 Å². The summed E-state index contributed by atoms with van der Waals surface area (Å²) in [6.07, 6.45) is 7.47. The van der Waals surface area contributed by atoms with Crippen LogP contribution in [-0.4, -0.2) is 118 Å². The van der Waals surface area contributed by atoms with Crippen LogP contribution in [-0.2, 0) is 44.7 Å². The number of primary amides is 1. The zero-order chi connectivity index (χ0) is 48.8. The molecular formula is C51H66N8O9. The summed E-state index contributed by atoms with van der Waals surface area (Å²) in [4.78, 5) is 112. The van der Waals surface area contributed by atoms with Crippen LogP contribution < -0.4 is 27.0 Å².